The maximum Gasteiger partial charge on any atom is 0.306 e. The van der Waals surface area contributed by atoms with Crippen LogP contribution in [0.25, 0.3) is 0 Å². The van der Waals surface area contributed by atoms with E-state index in [0.29, 0.717) is 19.3 Å². The predicted octanol–water partition coefficient (Wildman–Crippen LogP) is 22.3. The number of carbonyl (C=O) groups excluding carboxylic acids is 3. The van der Waals surface area contributed by atoms with Crippen LogP contribution in [-0.4, -0.2) is 37.2 Å². The summed E-state index contributed by atoms with van der Waals surface area (Å²) in [4.78, 5) is 38.2. The Balaban J connectivity index is 4.40. The summed E-state index contributed by atoms with van der Waals surface area (Å²) in [7, 11) is 0. The van der Waals surface area contributed by atoms with Gasteiger partial charge in [0.15, 0.2) is 6.10 Å². The molecule has 0 saturated carbocycles. The summed E-state index contributed by atoms with van der Waals surface area (Å²) in [6.45, 7) is 6.28. The molecule has 0 spiro atoms. The summed E-state index contributed by atoms with van der Waals surface area (Å²) in [5, 5.41) is 0. The van der Waals surface area contributed by atoms with Crippen LogP contribution in [0.5, 0.6) is 0 Å². The molecule has 0 aromatic carbocycles. The van der Waals surface area contributed by atoms with Crippen LogP contribution < -0.4 is 0 Å². The lowest BCUT2D eigenvalue weighted by Gasteiger charge is -2.18. The fourth-order valence-electron chi connectivity index (χ4n) is 8.20. The SMILES string of the molecule is CC/C=C\C/C=C\C/C=C\C/C=C\C/C=C\C/C=C\C/C=C\C/C=C\C/C=C\CCCC(=O)OCC(COC(=O)CCCCCCC/C=C\CCC)OC(=O)CCCCCCCCCCCC/C=C\C/C=C\C/C=C\C/C=C\CC. The molecule has 0 heterocycles. The van der Waals surface area contributed by atoms with E-state index in [4.69, 9.17) is 14.2 Å². The third-order valence-electron chi connectivity index (χ3n) is 12.9. The molecule has 6 heteroatoms. The van der Waals surface area contributed by atoms with Crippen molar-refractivity contribution in [3.8, 4) is 0 Å². The smallest absolute Gasteiger partial charge is 0.306 e. The van der Waals surface area contributed by atoms with Crippen LogP contribution in [0.4, 0.5) is 0 Å². The Morgan fingerprint density at radius 2 is 0.500 bits per heavy atom. The first kappa shape index (κ1) is 74.8. The lowest BCUT2D eigenvalue weighted by atomic mass is 10.0. The molecular weight excluding hydrogens is 985 g/mol. The standard InChI is InChI=1S/C74H116O6/c1-4-7-10-13-16-19-22-24-26-28-30-32-34-35-36-37-38-39-41-42-44-46-48-50-52-55-58-61-64-67-73(76)79-70-71(69-78-72(75)66-63-60-57-54-21-18-15-12-9-6-3)80-74(77)68-65-62-59-56-53-51-49-47-45-43-40-33-31-29-27-25-23-20-17-14-11-8-5-2/h7-8,10-12,15-17,19-20,24-27,30-33,35-36,38-39,42,44,48,50,55,58,71H,4-6,9,13-14,18,21-23,28-29,34,37,40-41,43,45-47,49,51-54,56-57,59-70H2,1-3H3/b10-7-,11-8-,15-12-,19-16-,20-17-,26-24-,27-25-,32-30-,33-31-,36-35-,39-38-,44-42-,50-48-,58-55-. The molecule has 0 rings (SSSR count). The van der Waals surface area contributed by atoms with E-state index in [9.17, 15) is 14.4 Å². The highest BCUT2D eigenvalue weighted by atomic mass is 16.6. The molecule has 0 amide bonds. The number of ether oxygens (including phenoxy) is 3. The molecule has 0 radical (unpaired) electrons. The molecule has 0 bridgehead atoms. The summed E-state index contributed by atoms with van der Waals surface area (Å²) >= 11 is 0. The Kier molecular flexibility index (Phi) is 61.9. The molecular formula is C74H116O6. The quantitative estimate of drug-likeness (QED) is 0.0261. The number of unbranched alkanes of at least 4 members (excludes halogenated alkanes) is 17. The number of allylic oxidation sites excluding steroid dienone is 28. The zero-order chi connectivity index (χ0) is 57.8. The Bertz CT molecular complexity index is 1840. The molecule has 1 atom stereocenters. The molecule has 0 saturated heterocycles. The van der Waals surface area contributed by atoms with E-state index >= 15 is 0 Å². The van der Waals surface area contributed by atoms with Gasteiger partial charge in [-0.05, 0) is 141 Å². The van der Waals surface area contributed by atoms with Crippen molar-refractivity contribution < 1.29 is 28.6 Å². The van der Waals surface area contributed by atoms with Crippen molar-refractivity contribution in [1.82, 2.24) is 0 Å². The molecule has 0 aliphatic carbocycles. The van der Waals surface area contributed by atoms with Gasteiger partial charge in [0.1, 0.15) is 13.2 Å². The van der Waals surface area contributed by atoms with Crippen LogP contribution in [0, 0.1) is 0 Å². The highest BCUT2D eigenvalue weighted by Gasteiger charge is 2.19. The average Bonchev–Trinajstić information content (AvgIpc) is 3.46. The Hall–Kier alpha value is -5.23. The number of hydrogen-bond acceptors (Lipinski definition) is 6. The van der Waals surface area contributed by atoms with Crippen molar-refractivity contribution in [3.63, 3.8) is 0 Å². The van der Waals surface area contributed by atoms with E-state index in [2.05, 4.69) is 191 Å². The molecule has 448 valence electrons. The Morgan fingerprint density at radius 3 is 0.825 bits per heavy atom. The van der Waals surface area contributed by atoms with E-state index in [1.54, 1.807) is 0 Å². The van der Waals surface area contributed by atoms with Gasteiger partial charge >= 0.3 is 17.9 Å². The van der Waals surface area contributed by atoms with Gasteiger partial charge in [0.2, 0.25) is 0 Å². The van der Waals surface area contributed by atoms with Gasteiger partial charge in [-0.2, -0.15) is 0 Å². The molecule has 0 aliphatic heterocycles. The van der Waals surface area contributed by atoms with Crippen LogP contribution in [-0.2, 0) is 28.6 Å². The maximum absolute atomic E-state index is 12.9. The minimum atomic E-state index is -0.816. The van der Waals surface area contributed by atoms with Crippen molar-refractivity contribution >= 4 is 17.9 Å². The largest absolute Gasteiger partial charge is 0.462 e. The topological polar surface area (TPSA) is 78.9 Å². The van der Waals surface area contributed by atoms with E-state index in [-0.39, 0.29) is 37.5 Å². The van der Waals surface area contributed by atoms with E-state index in [1.807, 2.05) is 0 Å². The summed E-state index contributed by atoms with van der Waals surface area (Å²) < 4.78 is 16.8. The molecule has 1 unspecified atom stereocenters. The summed E-state index contributed by atoms with van der Waals surface area (Å²) in [6, 6.07) is 0. The monoisotopic (exact) mass is 1100 g/mol. The van der Waals surface area contributed by atoms with Gasteiger partial charge in [-0.3, -0.25) is 14.4 Å². The van der Waals surface area contributed by atoms with Crippen LogP contribution >= 0.6 is 0 Å². The zero-order valence-corrected chi connectivity index (χ0v) is 51.3. The lowest BCUT2D eigenvalue weighted by molar-refractivity contribution is -0.167. The van der Waals surface area contributed by atoms with Crippen molar-refractivity contribution in [3.05, 3.63) is 170 Å². The first-order chi connectivity index (χ1) is 39.5. The van der Waals surface area contributed by atoms with Crippen molar-refractivity contribution in [1.29, 1.82) is 0 Å². The minimum Gasteiger partial charge on any atom is -0.462 e. The van der Waals surface area contributed by atoms with Crippen LogP contribution in [0.1, 0.15) is 258 Å². The zero-order valence-electron chi connectivity index (χ0n) is 51.3. The highest BCUT2D eigenvalue weighted by Crippen LogP contribution is 2.14. The lowest BCUT2D eigenvalue weighted by Crippen LogP contribution is -2.30. The number of rotatable bonds is 56. The van der Waals surface area contributed by atoms with Crippen LogP contribution in [0.2, 0.25) is 0 Å². The summed E-state index contributed by atoms with van der Waals surface area (Å²) in [5.41, 5.74) is 0. The molecule has 0 aromatic heterocycles. The van der Waals surface area contributed by atoms with E-state index < -0.39 is 6.10 Å². The summed E-state index contributed by atoms with van der Waals surface area (Å²) in [5.74, 6) is -0.992. The highest BCUT2D eigenvalue weighted by molar-refractivity contribution is 5.71. The van der Waals surface area contributed by atoms with Crippen LogP contribution in [0.15, 0.2) is 170 Å². The third-order valence-corrected chi connectivity index (χ3v) is 12.9. The molecule has 0 fully saturated rings. The van der Waals surface area contributed by atoms with Gasteiger partial charge in [0.25, 0.3) is 0 Å². The van der Waals surface area contributed by atoms with Gasteiger partial charge in [0.05, 0.1) is 0 Å². The van der Waals surface area contributed by atoms with E-state index in [1.165, 1.54) is 64.2 Å². The molecule has 80 heavy (non-hydrogen) atoms. The number of hydrogen-bond donors (Lipinski definition) is 0. The second-order valence-electron chi connectivity index (χ2n) is 20.5. The van der Waals surface area contributed by atoms with Gasteiger partial charge in [0, 0.05) is 19.3 Å². The molecule has 6 nitrogen and oxygen atoms in total. The van der Waals surface area contributed by atoms with E-state index in [0.717, 1.165) is 148 Å². The molecule has 0 N–H and O–H groups in total. The van der Waals surface area contributed by atoms with Gasteiger partial charge in [-0.25, -0.2) is 0 Å². The van der Waals surface area contributed by atoms with Gasteiger partial charge in [-0.1, -0.05) is 268 Å². The average molecular weight is 1100 g/mol. The minimum absolute atomic E-state index is 0.109. The van der Waals surface area contributed by atoms with Gasteiger partial charge in [-0.15, -0.1) is 0 Å². The van der Waals surface area contributed by atoms with Crippen molar-refractivity contribution in [2.75, 3.05) is 13.2 Å². The van der Waals surface area contributed by atoms with Crippen molar-refractivity contribution in [2.24, 2.45) is 0 Å². The summed E-state index contributed by atoms with van der Waals surface area (Å²) in [6.07, 6.45) is 98.0. The van der Waals surface area contributed by atoms with Gasteiger partial charge < -0.3 is 14.2 Å². The normalized spacial score (nSPS) is 13.3. The predicted molar refractivity (Wildman–Crippen MR) is 348 cm³/mol. The fourth-order valence-corrected chi connectivity index (χ4v) is 8.20. The van der Waals surface area contributed by atoms with Crippen molar-refractivity contribution in [2.45, 2.75) is 264 Å². The Labute approximate surface area is 492 Å². The maximum atomic E-state index is 12.9. The Morgan fingerprint density at radius 1 is 0.263 bits per heavy atom. The first-order valence-electron chi connectivity index (χ1n) is 32.1. The fraction of sp³-hybridized carbons (Fsp3) is 0.581. The van der Waals surface area contributed by atoms with Crippen LogP contribution in [0.3, 0.4) is 0 Å². The molecule has 0 aliphatic rings. The third kappa shape index (κ3) is 63.6. The molecule has 0 aromatic rings. The second kappa shape index (κ2) is 66.3. The number of esters is 3. The first-order valence-corrected chi connectivity index (χ1v) is 32.1. The second-order valence-corrected chi connectivity index (χ2v) is 20.5. The number of carbonyl (C=O) groups is 3.